The third-order valence-electron chi connectivity index (χ3n) is 3.00. The van der Waals surface area contributed by atoms with Crippen molar-refractivity contribution in [3.8, 4) is 0 Å². The fourth-order valence-corrected chi connectivity index (χ4v) is 3.47. The molecule has 104 valence electrons. The van der Waals surface area contributed by atoms with Crippen molar-refractivity contribution in [2.45, 2.75) is 23.1 Å². The smallest absolute Gasteiger partial charge is 0.221 e. The number of carbonyl (C=O) groups excluding carboxylic acids is 1. The van der Waals surface area contributed by atoms with Crippen LogP contribution in [0, 0.1) is 6.92 Å². The highest BCUT2D eigenvalue weighted by Crippen LogP contribution is 2.23. The van der Waals surface area contributed by atoms with Crippen molar-refractivity contribution in [1.82, 2.24) is 0 Å². The first-order chi connectivity index (χ1) is 9.41. The molecule has 0 aliphatic carbocycles. The minimum Gasteiger partial charge on any atom is -0.369 e. The Labute approximate surface area is 118 Å². The second kappa shape index (κ2) is 5.46. The van der Waals surface area contributed by atoms with Crippen LogP contribution in [-0.4, -0.2) is 14.3 Å². The van der Waals surface area contributed by atoms with Gasteiger partial charge in [0.05, 0.1) is 16.2 Å². The minimum absolute atomic E-state index is 0.102. The van der Waals surface area contributed by atoms with Gasteiger partial charge in [-0.25, -0.2) is 8.42 Å². The van der Waals surface area contributed by atoms with Gasteiger partial charge in [-0.3, -0.25) is 4.79 Å². The Hall–Kier alpha value is -2.14. The summed E-state index contributed by atoms with van der Waals surface area (Å²) in [6.45, 7) is 1.76. The number of aryl methyl sites for hydroxylation is 1. The maximum atomic E-state index is 12.5. The molecule has 0 heterocycles. The first-order valence-corrected chi connectivity index (χ1v) is 7.57. The summed E-state index contributed by atoms with van der Waals surface area (Å²) in [7, 11) is -3.53. The average Bonchev–Trinajstić information content (AvgIpc) is 2.39. The lowest BCUT2D eigenvalue weighted by atomic mass is 10.1. The summed E-state index contributed by atoms with van der Waals surface area (Å²) in [5.41, 5.74) is 6.50. The Bertz CT molecular complexity index is 734. The van der Waals surface area contributed by atoms with E-state index in [9.17, 15) is 13.2 Å². The van der Waals surface area contributed by atoms with Gasteiger partial charge in [0.15, 0.2) is 0 Å². The van der Waals surface area contributed by atoms with E-state index in [0.717, 1.165) is 0 Å². The molecule has 2 aromatic carbocycles. The molecule has 0 spiro atoms. The maximum Gasteiger partial charge on any atom is 0.221 e. The molecule has 5 heteroatoms. The van der Waals surface area contributed by atoms with Gasteiger partial charge < -0.3 is 5.73 Å². The highest BCUT2D eigenvalue weighted by atomic mass is 32.2. The zero-order valence-electron chi connectivity index (χ0n) is 11.0. The third kappa shape index (κ3) is 2.88. The minimum atomic E-state index is -3.53. The number of amides is 1. The summed E-state index contributed by atoms with van der Waals surface area (Å²) in [6.07, 6.45) is 0.102. The van der Waals surface area contributed by atoms with E-state index in [1.807, 2.05) is 0 Å². The number of rotatable bonds is 4. The lowest BCUT2D eigenvalue weighted by Crippen LogP contribution is -2.13. The molecule has 2 rings (SSSR count). The van der Waals surface area contributed by atoms with Crippen LogP contribution >= 0.6 is 0 Å². The van der Waals surface area contributed by atoms with Crippen molar-refractivity contribution in [2.75, 3.05) is 0 Å². The van der Waals surface area contributed by atoms with Gasteiger partial charge in [0.1, 0.15) is 0 Å². The number of sulfone groups is 1. The topological polar surface area (TPSA) is 77.2 Å². The van der Waals surface area contributed by atoms with E-state index in [1.165, 1.54) is 12.1 Å². The van der Waals surface area contributed by atoms with Crippen molar-refractivity contribution in [3.05, 3.63) is 59.7 Å². The largest absolute Gasteiger partial charge is 0.369 e. The van der Waals surface area contributed by atoms with Gasteiger partial charge in [0, 0.05) is 0 Å². The maximum absolute atomic E-state index is 12.5. The molecule has 0 bridgehead atoms. The van der Waals surface area contributed by atoms with Crippen molar-refractivity contribution in [1.29, 1.82) is 0 Å². The van der Waals surface area contributed by atoms with E-state index in [-0.39, 0.29) is 11.3 Å². The van der Waals surface area contributed by atoms with E-state index in [2.05, 4.69) is 0 Å². The SMILES string of the molecule is Cc1ccccc1S(=O)(=O)c1ccc(CC(N)=O)cc1. The van der Waals surface area contributed by atoms with Gasteiger partial charge in [-0.05, 0) is 36.2 Å². The summed E-state index contributed by atoms with van der Waals surface area (Å²) in [5, 5.41) is 0. The van der Waals surface area contributed by atoms with Crippen LogP contribution < -0.4 is 5.73 Å². The Balaban J connectivity index is 2.40. The van der Waals surface area contributed by atoms with Crippen LogP contribution in [0.2, 0.25) is 0 Å². The van der Waals surface area contributed by atoms with Gasteiger partial charge in [0.2, 0.25) is 15.7 Å². The normalized spacial score (nSPS) is 11.2. The first-order valence-electron chi connectivity index (χ1n) is 6.09. The van der Waals surface area contributed by atoms with E-state index >= 15 is 0 Å². The molecule has 0 unspecified atom stereocenters. The predicted molar refractivity (Wildman–Crippen MR) is 76.0 cm³/mol. The number of hydrogen-bond donors (Lipinski definition) is 1. The summed E-state index contributed by atoms with van der Waals surface area (Å²) < 4.78 is 25.0. The summed E-state index contributed by atoms with van der Waals surface area (Å²) in [4.78, 5) is 11.3. The molecule has 1 amide bonds. The first kappa shape index (κ1) is 14.3. The Morgan fingerprint density at radius 1 is 1.05 bits per heavy atom. The zero-order chi connectivity index (χ0) is 14.8. The molecule has 20 heavy (non-hydrogen) atoms. The van der Waals surface area contributed by atoms with Crippen LogP contribution in [0.5, 0.6) is 0 Å². The quantitative estimate of drug-likeness (QED) is 0.933. The molecule has 0 saturated heterocycles. The van der Waals surface area contributed by atoms with Crippen LogP contribution in [0.25, 0.3) is 0 Å². The van der Waals surface area contributed by atoms with E-state index in [1.54, 1.807) is 43.3 Å². The van der Waals surface area contributed by atoms with Crippen molar-refractivity contribution >= 4 is 15.7 Å². The van der Waals surface area contributed by atoms with Crippen LogP contribution in [0.1, 0.15) is 11.1 Å². The number of benzene rings is 2. The molecule has 0 aliphatic rings. The molecule has 0 aliphatic heterocycles. The average molecular weight is 289 g/mol. The number of primary amides is 1. The number of nitrogens with two attached hydrogens (primary N) is 1. The fraction of sp³-hybridized carbons (Fsp3) is 0.133. The summed E-state index contributed by atoms with van der Waals surface area (Å²) in [5.74, 6) is -0.445. The van der Waals surface area contributed by atoms with Gasteiger partial charge in [0.25, 0.3) is 0 Å². The fourth-order valence-electron chi connectivity index (χ4n) is 1.97. The highest BCUT2D eigenvalue weighted by molar-refractivity contribution is 7.91. The van der Waals surface area contributed by atoms with Crippen LogP contribution in [0.15, 0.2) is 58.3 Å². The van der Waals surface area contributed by atoms with Gasteiger partial charge >= 0.3 is 0 Å². The zero-order valence-corrected chi connectivity index (χ0v) is 11.9. The lowest BCUT2D eigenvalue weighted by Gasteiger charge is -2.08. The molecule has 2 N–H and O–H groups in total. The Morgan fingerprint density at radius 2 is 1.65 bits per heavy atom. The predicted octanol–water partition coefficient (Wildman–Crippen LogP) is 1.86. The Morgan fingerprint density at radius 3 is 2.20 bits per heavy atom. The molecule has 4 nitrogen and oxygen atoms in total. The second-order valence-corrected chi connectivity index (χ2v) is 6.47. The van der Waals surface area contributed by atoms with Gasteiger partial charge in [-0.1, -0.05) is 30.3 Å². The molecule has 0 fully saturated rings. The van der Waals surface area contributed by atoms with E-state index in [4.69, 9.17) is 5.73 Å². The molecular weight excluding hydrogens is 274 g/mol. The summed E-state index contributed by atoms with van der Waals surface area (Å²) >= 11 is 0. The molecule has 2 aromatic rings. The summed E-state index contributed by atoms with van der Waals surface area (Å²) in [6, 6.07) is 13.0. The van der Waals surface area contributed by atoms with Gasteiger partial charge in [-0.2, -0.15) is 0 Å². The van der Waals surface area contributed by atoms with E-state index in [0.29, 0.717) is 16.0 Å². The number of carbonyl (C=O) groups is 1. The molecule has 0 saturated carbocycles. The molecule has 0 aromatic heterocycles. The van der Waals surface area contributed by atoms with Crippen LogP contribution in [-0.2, 0) is 21.1 Å². The highest BCUT2D eigenvalue weighted by Gasteiger charge is 2.19. The van der Waals surface area contributed by atoms with Crippen molar-refractivity contribution in [2.24, 2.45) is 5.73 Å². The lowest BCUT2D eigenvalue weighted by molar-refractivity contribution is -0.117. The molecular formula is C15H15NO3S. The van der Waals surface area contributed by atoms with Crippen LogP contribution in [0.4, 0.5) is 0 Å². The van der Waals surface area contributed by atoms with Crippen LogP contribution in [0.3, 0.4) is 0 Å². The van der Waals surface area contributed by atoms with E-state index < -0.39 is 15.7 Å². The van der Waals surface area contributed by atoms with Gasteiger partial charge in [-0.15, -0.1) is 0 Å². The molecule has 0 atom stereocenters. The standard InChI is InChI=1S/C15H15NO3S/c1-11-4-2-3-5-14(11)20(18,19)13-8-6-12(7-9-13)10-15(16)17/h2-9H,10H2,1H3,(H2,16,17). The molecule has 0 radical (unpaired) electrons. The Kier molecular flexibility index (Phi) is 3.90. The van der Waals surface area contributed by atoms with Crippen molar-refractivity contribution in [3.63, 3.8) is 0 Å². The number of hydrogen-bond acceptors (Lipinski definition) is 3. The monoisotopic (exact) mass is 289 g/mol. The second-order valence-electron chi connectivity index (χ2n) is 4.56. The van der Waals surface area contributed by atoms with Crippen molar-refractivity contribution < 1.29 is 13.2 Å². The third-order valence-corrected chi connectivity index (χ3v) is 4.92.